The van der Waals surface area contributed by atoms with Crippen LogP contribution in [0, 0.1) is 0 Å². The maximum atomic E-state index is 11.3. The van der Waals surface area contributed by atoms with Crippen LogP contribution < -0.4 is 5.43 Å². The molecule has 0 radical (unpaired) electrons. The molecule has 1 aliphatic heterocycles. The molecule has 15 heavy (non-hydrogen) atoms. The van der Waals surface area contributed by atoms with Crippen molar-refractivity contribution in [2.75, 3.05) is 0 Å². The summed E-state index contributed by atoms with van der Waals surface area (Å²) in [6.07, 6.45) is 1.21. The van der Waals surface area contributed by atoms with Crippen molar-refractivity contribution in [2.45, 2.75) is 18.1 Å². The van der Waals surface area contributed by atoms with Gasteiger partial charge in [-0.2, -0.15) is 0 Å². The molecule has 0 bridgehead atoms. The van der Waals surface area contributed by atoms with Crippen LogP contribution in [-0.2, 0) is 4.79 Å². The lowest BCUT2D eigenvalue weighted by Gasteiger charge is -2.06. The number of hydrogen-bond acceptors (Lipinski definition) is 4. The molecular formula is C11H10O3S. The number of carbonyl (C=O) groups excluding carboxylic acids is 1. The van der Waals surface area contributed by atoms with Crippen molar-refractivity contribution in [3.05, 3.63) is 40.1 Å². The average Bonchev–Trinajstić information content (AvgIpc) is 2.56. The van der Waals surface area contributed by atoms with Gasteiger partial charge in [0.15, 0.2) is 10.9 Å². The lowest BCUT2D eigenvalue weighted by Crippen LogP contribution is -1.98. The van der Waals surface area contributed by atoms with Crippen molar-refractivity contribution in [3.63, 3.8) is 0 Å². The molecular weight excluding hydrogens is 212 g/mol. The molecule has 0 aliphatic carbocycles. The monoisotopic (exact) mass is 222 g/mol. The van der Waals surface area contributed by atoms with E-state index >= 15 is 0 Å². The Morgan fingerprint density at radius 1 is 1.27 bits per heavy atom. The fourth-order valence-electron chi connectivity index (χ4n) is 1.61. The van der Waals surface area contributed by atoms with Crippen molar-refractivity contribution >= 4 is 16.9 Å². The first kappa shape index (κ1) is 10.2. The highest BCUT2D eigenvalue weighted by Gasteiger charge is 2.26. The zero-order valence-electron chi connectivity index (χ0n) is 7.97. The second kappa shape index (κ2) is 4.06. The summed E-state index contributed by atoms with van der Waals surface area (Å²) in [5.41, 5.74) is 0.177. The largest absolute Gasteiger partial charge is 0.504 e. The summed E-state index contributed by atoms with van der Waals surface area (Å²) in [6, 6.07) is 6.32. The molecule has 1 N–H and O–H groups in total. The van der Waals surface area contributed by atoms with E-state index in [4.69, 9.17) is 0 Å². The Morgan fingerprint density at radius 3 is 2.67 bits per heavy atom. The molecule has 1 atom stereocenters. The molecule has 1 heterocycles. The van der Waals surface area contributed by atoms with Crippen molar-refractivity contribution in [3.8, 4) is 5.75 Å². The highest BCUT2D eigenvalue weighted by atomic mass is 32.2. The molecule has 4 heteroatoms. The Morgan fingerprint density at radius 2 is 2.00 bits per heavy atom. The second-order valence-electron chi connectivity index (χ2n) is 3.40. The second-order valence-corrected chi connectivity index (χ2v) is 4.66. The number of thioether (sulfide) groups is 1. The van der Waals surface area contributed by atoms with E-state index in [2.05, 4.69) is 0 Å². The van der Waals surface area contributed by atoms with Gasteiger partial charge in [-0.05, 0) is 12.5 Å². The van der Waals surface area contributed by atoms with Crippen LogP contribution >= 0.6 is 11.8 Å². The lowest BCUT2D eigenvalue weighted by atomic mass is 10.1. The summed E-state index contributed by atoms with van der Waals surface area (Å²) in [5, 5.41) is 9.72. The summed E-state index contributed by atoms with van der Waals surface area (Å²) in [5.74, 6) is -0.229. The smallest absolute Gasteiger partial charge is 0.220 e. The Hall–Kier alpha value is -1.29. The minimum atomic E-state index is -0.394. The van der Waals surface area contributed by atoms with Gasteiger partial charge >= 0.3 is 0 Å². The van der Waals surface area contributed by atoms with E-state index in [-0.39, 0.29) is 16.1 Å². The average molecular weight is 222 g/mol. The van der Waals surface area contributed by atoms with Crippen molar-refractivity contribution < 1.29 is 9.90 Å². The Bertz CT molecular complexity index is 456. The van der Waals surface area contributed by atoms with E-state index in [9.17, 15) is 14.7 Å². The summed E-state index contributed by atoms with van der Waals surface area (Å²) in [4.78, 5) is 22.4. The molecule has 78 valence electrons. The van der Waals surface area contributed by atoms with Gasteiger partial charge in [-0.1, -0.05) is 30.0 Å². The minimum Gasteiger partial charge on any atom is -0.504 e. The first-order chi connectivity index (χ1) is 7.18. The van der Waals surface area contributed by atoms with Crippen LogP contribution in [0.5, 0.6) is 5.75 Å². The molecule has 1 saturated heterocycles. The van der Waals surface area contributed by atoms with Crippen LogP contribution in [0.4, 0.5) is 0 Å². The standard InChI is InChI=1S/C11H10O3S/c12-8-4-2-1-3-7(11(8)14)9-5-6-10(13)15-9/h1-4,9H,5-6H2,(H,12,14). The molecule has 0 spiro atoms. The Labute approximate surface area is 91.1 Å². The Kier molecular flexibility index (Phi) is 2.77. The molecule has 0 amide bonds. The summed E-state index contributed by atoms with van der Waals surface area (Å²) in [7, 11) is 0. The third-order valence-corrected chi connectivity index (χ3v) is 3.61. The van der Waals surface area contributed by atoms with Crippen LogP contribution in [0.3, 0.4) is 0 Å². The molecule has 1 aliphatic rings. The Balaban J connectivity index is 2.45. The number of hydrogen-bond donors (Lipinski definition) is 1. The molecule has 2 rings (SSSR count). The molecule has 0 saturated carbocycles. The van der Waals surface area contributed by atoms with E-state index in [1.807, 2.05) is 0 Å². The quantitative estimate of drug-likeness (QED) is 0.787. The summed E-state index contributed by atoms with van der Waals surface area (Å²) < 4.78 is 0. The zero-order valence-corrected chi connectivity index (χ0v) is 8.79. The first-order valence-electron chi connectivity index (χ1n) is 4.70. The van der Waals surface area contributed by atoms with Crippen LogP contribution in [0.25, 0.3) is 0 Å². The summed E-state index contributed by atoms with van der Waals surface area (Å²) in [6.45, 7) is 0. The molecule has 1 fully saturated rings. The summed E-state index contributed by atoms with van der Waals surface area (Å²) >= 11 is 1.20. The van der Waals surface area contributed by atoms with Crippen molar-refractivity contribution in [1.82, 2.24) is 0 Å². The van der Waals surface area contributed by atoms with E-state index in [0.29, 0.717) is 18.4 Å². The van der Waals surface area contributed by atoms with E-state index in [1.54, 1.807) is 18.2 Å². The van der Waals surface area contributed by atoms with Crippen molar-refractivity contribution in [2.24, 2.45) is 0 Å². The van der Waals surface area contributed by atoms with E-state index in [0.717, 1.165) is 0 Å². The SMILES string of the molecule is O=C1CCC(c2ccccc(=O)c2O)S1. The van der Waals surface area contributed by atoms with Crippen LogP contribution in [-0.4, -0.2) is 10.2 Å². The zero-order chi connectivity index (χ0) is 10.8. The third kappa shape index (κ3) is 2.04. The van der Waals surface area contributed by atoms with E-state index < -0.39 is 5.43 Å². The van der Waals surface area contributed by atoms with Crippen LogP contribution in [0.2, 0.25) is 0 Å². The predicted molar refractivity (Wildman–Crippen MR) is 58.9 cm³/mol. The highest BCUT2D eigenvalue weighted by Crippen LogP contribution is 2.42. The van der Waals surface area contributed by atoms with Gasteiger partial charge in [-0.3, -0.25) is 9.59 Å². The third-order valence-electron chi connectivity index (χ3n) is 2.37. The normalized spacial score (nSPS) is 20.5. The molecule has 1 aromatic carbocycles. The number of aromatic hydroxyl groups is 1. The fraction of sp³-hybridized carbons (Fsp3) is 0.273. The number of carbonyl (C=O) groups is 1. The van der Waals surface area contributed by atoms with Gasteiger partial charge in [-0.15, -0.1) is 0 Å². The van der Waals surface area contributed by atoms with Gasteiger partial charge in [-0.25, -0.2) is 0 Å². The molecule has 0 aromatic heterocycles. The molecule has 1 aromatic rings. The van der Waals surface area contributed by atoms with Crippen LogP contribution in [0.1, 0.15) is 23.7 Å². The molecule has 3 nitrogen and oxygen atoms in total. The maximum absolute atomic E-state index is 11.3. The van der Waals surface area contributed by atoms with Gasteiger partial charge in [0, 0.05) is 17.2 Å². The van der Waals surface area contributed by atoms with Gasteiger partial charge < -0.3 is 5.11 Å². The highest BCUT2D eigenvalue weighted by molar-refractivity contribution is 8.14. The first-order valence-corrected chi connectivity index (χ1v) is 5.58. The van der Waals surface area contributed by atoms with Gasteiger partial charge in [0.1, 0.15) is 0 Å². The van der Waals surface area contributed by atoms with Gasteiger partial charge in [0.05, 0.1) is 0 Å². The minimum absolute atomic E-state index is 0.0717. The van der Waals surface area contributed by atoms with Gasteiger partial charge in [0.2, 0.25) is 5.43 Å². The topological polar surface area (TPSA) is 54.4 Å². The number of rotatable bonds is 1. The van der Waals surface area contributed by atoms with Crippen LogP contribution in [0.15, 0.2) is 29.1 Å². The maximum Gasteiger partial charge on any atom is 0.220 e. The van der Waals surface area contributed by atoms with Crippen molar-refractivity contribution in [1.29, 1.82) is 0 Å². The fourth-order valence-corrected chi connectivity index (χ4v) is 2.71. The molecule has 1 unspecified atom stereocenters. The lowest BCUT2D eigenvalue weighted by molar-refractivity contribution is -0.110. The predicted octanol–water partition coefficient (Wildman–Crippen LogP) is 1.85. The van der Waals surface area contributed by atoms with E-state index in [1.165, 1.54) is 17.8 Å². The van der Waals surface area contributed by atoms with Gasteiger partial charge in [0.25, 0.3) is 0 Å².